The molecule has 29 heavy (non-hydrogen) atoms. The SMILES string of the molecule is O=C(NNC(=O)c1ccccc1Br)c1ccc(SC[C@H]2CCCO2)c([N+](=O)[O-])c1. The van der Waals surface area contributed by atoms with Crippen molar-refractivity contribution in [3.8, 4) is 0 Å². The van der Waals surface area contributed by atoms with Gasteiger partial charge >= 0.3 is 0 Å². The molecule has 2 amide bonds. The summed E-state index contributed by atoms with van der Waals surface area (Å²) in [5.41, 5.74) is 4.85. The van der Waals surface area contributed by atoms with E-state index >= 15 is 0 Å². The lowest BCUT2D eigenvalue weighted by Crippen LogP contribution is -2.41. The number of hydrogen-bond acceptors (Lipinski definition) is 6. The number of thioether (sulfide) groups is 1. The number of rotatable bonds is 6. The van der Waals surface area contributed by atoms with Gasteiger partial charge in [-0.2, -0.15) is 0 Å². The maximum Gasteiger partial charge on any atom is 0.283 e. The second-order valence-corrected chi connectivity index (χ2v) is 8.19. The Labute approximate surface area is 179 Å². The number of carbonyl (C=O) groups excluding carboxylic acids is 2. The number of benzene rings is 2. The van der Waals surface area contributed by atoms with E-state index in [0.717, 1.165) is 19.4 Å². The van der Waals surface area contributed by atoms with Crippen molar-refractivity contribution in [1.29, 1.82) is 0 Å². The predicted molar refractivity (Wildman–Crippen MR) is 112 cm³/mol. The molecule has 0 bridgehead atoms. The maximum absolute atomic E-state index is 12.3. The fraction of sp³-hybridized carbons (Fsp3) is 0.263. The van der Waals surface area contributed by atoms with Crippen molar-refractivity contribution >= 4 is 45.2 Å². The van der Waals surface area contributed by atoms with Gasteiger partial charge in [-0.25, -0.2) is 0 Å². The Morgan fingerprint density at radius 3 is 2.66 bits per heavy atom. The van der Waals surface area contributed by atoms with Gasteiger partial charge in [0.05, 0.1) is 21.5 Å². The van der Waals surface area contributed by atoms with E-state index in [4.69, 9.17) is 4.74 Å². The molecule has 8 nitrogen and oxygen atoms in total. The summed E-state index contributed by atoms with van der Waals surface area (Å²) in [6.07, 6.45) is 2.03. The van der Waals surface area contributed by atoms with Gasteiger partial charge in [-0.1, -0.05) is 12.1 Å². The Balaban J connectivity index is 1.65. The fourth-order valence-electron chi connectivity index (χ4n) is 2.78. The molecule has 10 heteroatoms. The molecular formula is C19H18BrN3O5S. The Kier molecular flexibility index (Phi) is 7.24. The Hall–Kier alpha value is -2.43. The van der Waals surface area contributed by atoms with Crippen LogP contribution in [0.15, 0.2) is 51.8 Å². The average Bonchev–Trinajstić information content (AvgIpc) is 3.24. The molecule has 1 saturated heterocycles. The summed E-state index contributed by atoms with van der Waals surface area (Å²) in [7, 11) is 0. The summed E-state index contributed by atoms with van der Waals surface area (Å²) < 4.78 is 6.12. The first-order chi connectivity index (χ1) is 14.0. The van der Waals surface area contributed by atoms with Crippen LogP contribution in [0.4, 0.5) is 5.69 Å². The van der Waals surface area contributed by atoms with E-state index in [2.05, 4.69) is 26.8 Å². The van der Waals surface area contributed by atoms with Crippen LogP contribution in [0.2, 0.25) is 0 Å². The van der Waals surface area contributed by atoms with Gasteiger partial charge in [-0.3, -0.25) is 30.6 Å². The molecule has 0 aromatic heterocycles. The van der Waals surface area contributed by atoms with E-state index in [1.165, 1.54) is 23.9 Å². The minimum absolute atomic E-state index is 0.0746. The van der Waals surface area contributed by atoms with Crippen LogP contribution in [0.25, 0.3) is 0 Å². The van der Waals surface area contributed by atoms with Crippen molar-refractivity contribution < 1.29 is 19.2 Å². The van der Waals surface area contributed by atoms with E-state index in [9.17, 15) is 19.7 Å². The molecule has 0 aliphatic carbocycles. The second kappa shape index (κ2) is 9.86. The lowest BCUT2D eigenvalue weighted by Gasteiger charge is -2.11. The number of nitrogens with one attached hydrogen (secondary N) is 2. The molecule has 1 fully saturated rings. The highest BCUT2D eigenvalue weighted by Gasteiger charge is 2.21. The molecule has 0 radical (unpaired) electrons. The molecule has 152 valence electrons. The topological polar surface area (TPSA) is 111 Å². The van der Waals surface area contributed by atoms with E-state index in [-0.39, 0.29) is 17.4 Å². The van der Waals surface area contributed by atoms with Crippen molar-refractivity contribution in [1.82, 2.24) is 10.9 Å². The molecule has 2 aromatic rings. The van der Waals surface area contributed by atoms with Gasteiger partial charge in [-0.15, -0.1) is 11.8 Å². The van der Waals surface area contributed by atoms with Gasteiger partial charge in [0.15, 0.2) is 0 Å². The molecule has 2 N–H and O–H groups in total. The summed E-state index contributed by atoms with van der Waals surface area (Å²) in [5, 5.41) is 11.4. The summed E-state index contributed by atoms with van der Waals surface area (Å²) in [6, 6.07) is 11.0. The van der Waals surface area contributed by atoms with Gasteiger partial charge in [0, 0.05) is 28.5 Å². The predicted octanol–water partition coefficient (Wildman–Crippen LogP) is 3.70. The zero-order chi connectivity index (χ0) is 20.8. The first kappa shape index (κ1) is 21.3. The van der Waals surface area contributed by atoms with Crippen LogP contribution >= 0.6 is 27.7 Å². The number of nitro groups is 1. The van der Waals surface area contributed by atoms with E-state index in [1.54, 1.807) is 30.3 Å². The number of halogens is 1. The molecule has 0 unspecified atom stereocenters. The van der Waals surface area contributed by atoms with Gasteiger partial charge in [0.25, 0.3) is 17.5 Å². The number of carbonyl (C=O) groups is 2. The number of amides is 2. The van der Waals surface area contributed by atoms with Gasteiger partial charge in [-0.05, 0) is 53.0 Å². The number of hydrazine groups is 1. The lowest BCUT2D eigenvalue weighted by molar-refractivity contribution is -0.387. The van der Waals surface area contributed by atoms with Crippen molar-refractivity contribution in [3.63, 3.8) is 0 Å². The third-order valence-electron chi connectivity index (χ3n) is 4.27. The molecule has 1 heterocycles. The Morgan fingerprint density at radius 2 is 1.97 bits per heavy atom. The van der Waals surface area contributed by atoms with Crippen LogP contribution in [0.3, 0.4) is 0 Å². The monoisotopic (exact) mass is 479 g/mol. The van der Waals surface area contributed by atoms with Crippen molar-refractivity contribution in [2.75, 3.05) is 12.4 Å². The van der Waals surface area contributed by atoms with Crippen LogP contribution in [0.5, 0.6) is 0 Å². The number of nitrogens with zero attached hydrogens (tertiary/aromatic N) is 1. The second-order valence-electron chi connectivity index (χ2n) is 6.27. The summed E-state index contributed by atoms with van der Waals surface area (Å²) in [6.45, 7) is 0.720. The summed E-state index contributed by atoms with van der Waals surface area (Å²) in [5.74, 6) is -0.540. The molecule has 1 aliphatic heterocycles. The molecule has 2 aromatic carbocycles. The zero-order valence-corrected chi connectivity index (χ0v) is 17.6. The van der Waals surface area contributed by atoms with Gasteiger partial charge in [0.2, 0.25) is 0 Å². The van der Waals surface area contributed by atoms with Crippen molar-refractivity contribution in [2.45, 2.75) is 23.8 Å². The smallest absolute Gasteiger partial charge is 0.283 e. The maximum atomic E-state index is 12.3. The third kappa shape index (κ3) is 5.55. The molecular weight excluding hydrogens is 462 g/mol. The highest BCUT2D eigenvalue weighted by molar-refractivity contribution is 9.10. The average molecular weight is 480 g/mol. The zero-order valence-electron chi connectivity index (χ0n) is 15.2. The quantitative estimate of drug-likeness (QED) is 0.371. The molecule has 1 atom stereocenters. The van der Waals surface area contributed by atoms with Gasteiger partial charge in [0.1, 0.15) is 0 Å². The minimum atomic E-state index is -0.649. The van der Waals surface area contributed by atoms with Gasteiger partial charge < -0.3 is 4.74 Å². The number of nitro benzene ring substituents is 1. The lowest BCUT2D eigenvalue weighted by atomic mass is 10.2. The summed E-state index contributed by atoms with van der Waals surface area (Å²) in [4.78, 5) is 35.9. The van der Waals surface area contributed by atoms with Crippen LogP contribution in [-0.2, 0) is 4.74 Å². The molecule has 3 rings (SSSR count). The Bertz CT molecular complexity index is 934. The summed E-state index contributed by atoms with van der Waals surface area (Å²) >= 11 is 4.60. The first-order valence-corrected chi connectivity index (χ1v) is 10.6. The van der Waals surface area contributed by atoms with Crippen LogP contribution in [-0.4, -0.2) is 35.2 Å². The first-order valence-electron chi connectivity index (χ1n) is 8.84. The van der Waals surface area contributed by atoms with Crippen LogP contribution < -0.4 is 10.9 Å². The van der Waals surface area contributed by atoms with Crippen LogP contribution in [0.1, 0.15) is 33.6 Å². The van der Waals surface area contributed by atoms with E-state index < -0.39 is 16.7 Å². The fourth-order valence-corrected chi connectivity index (χ4v) is 4.32. The standard InChI is InChI=1S/C19H18BrN3O5S/c20-15-6-2-1-5-14(15)19(25)22-21-18(24)12-7-8-17(16(10-12)23(26)27)29-11-13-4-3-9-28-13/h1-2,5-8,10,13H,3-4,9,11H2,(H,21,24)(H,22,25)/t13-/m1/s1. The highest BCUT2D eigenvalue weighted by Crippen LogP contribution is 2.32. The third-order valence-corrected chi connectivity index (χ3v) is 6.16. The molecule has 1 aliphatic rings. The minimum Gasteiger partial charge on any atom is -0.377 e. The van der Waals surface area contributed by atoms with Crippen LogP contribution in [0, 0.1) is 10.1 Å². The number of ether oxygens (including phenoxy) is 1. The van der Waals surface area contributed by atoms with E-state index in [0.29, 0.717) is 20.7 Å². The molecule has 0 saturated carbocycles. The van der Waals surface area contributed by atoms with Crippen molar-refractivity contribution in [2.24, 2.45) is 0 Å². The van der Waals surface area contributed by atoms with E-state index in [1.807, 2.05) is 0 Å². The Morgan fingerprint density at radius 1 is 1.21 bits per heavy atom. The largest absolute Gasteiger partial charge is 0.377 e. The van der Waals surface area contributed by atoms with Crippen molar-refractivity contribution in [3.05, 3.63) is 68.2 Å². The normalized spacial score (nSPS) is 15.7. The molecule has 0 spiro atoms. The highest BCUT2D eigenvalue weighted by atomic mass is 79.9. The number of hydrogen-bond donors (Lipinski definition) is 2.